The number of ether oxygens (including phenoxy) is 2. The van der Waals surface area contributed by atoms with Crippen LogP contribution in [0.4, 0.5) is 0 Å². The van der Waals surface area contributed by atoms with Gasteiger partial charge in [-0.25, -0.2) is 4.79 Å². The summed E-state index contributed by atoms with van der Waals surface area (Å²) in [7, 11) is 4.82. The first-order valence-corrected chi connectivity index (χ1v) is 19.1. The molecule has 0 spiro atoms. The Hall–Kier alpha value is -3.35. The summed E-state index contributed by atoms with van der Waals surface area (Å²) in [5.74, 6) is -3.16. The Morgan fingerprint density at radius 2 is 1.71 bits per heavy atom. The summed E-state index contributed by atoms with van der Waals surface area (Å²) in [5.41, 5.74) is 0.173. The number of amides is 3. The second-order valence-corrected chi connectivity index (χ2v) is 15.5. The van der Waals surface area contributed by atoms with Crippen LogP contribution in [0.3, 0.4) is 0 Å². The molecule has 0 radical (unpaired) electrons. The van der Waals surface area contributed by atoms with Gasteiger partial charge in [0.15, 0.2) is 5.78 Å². The van der Waals surface area contributed by atoms with Crippen LogP contribution in [-0.4, -0.2) is 115 Å². The molecular weight excluding hydrogens is 664 g/mol. The quantitative estimate of drug-likeness (QED) is 0.180. The zero-order valence-electron chi connectivity index (χ0n) is 32.9. The average molecular weight is 729 g/mol. The van der Waals surface area contributed by atoms with Gasteiger partial charge in [0.1, 0.15) is 6.04 Å². The third kappa shape index (κ3) is 10.6. The van der Waals surface area contributed by atoms with Crippen molar-refractivity contribution in [3.63, 3.8) is 0 Å². The minimum Gasteiger partial charge on any atom is -0.480 e. The molecule has 12 nitrogen and oxygen atoms in total. The molecule has 52 heavy (non-hydrogen) atoms. The number of carbonyl (C=O) groups excluding carboxylic acids is 4. The molecule has 1 aromatic rings. The Kier molecular flexibility index (Phi) is 16.3. The van der Waals surface area contributed by atoms with Gasteiger partial charge < -0.3 is 35.0 Å². The van der Waals surface area contributed by atoms with Gasteiger partial charge in [0.05, 0.1) is 42.2 Å². The molecule has 0 bridgehead atoms. The number of hydrogen-bond acceptors (Lipinski definition) is 8. The molecule has 1 aromatic carbocycles. The Morgan fingerprint density at radius 1 is 1.04 bits per heavy atom. The lowest BCUT2D eigenvalue weighted by Crippen LogP contribution is -2.55. The van der Waals surface area contributed by atoms with Gasteiger partial charge >= 0.3 is 5.97 Å². The molecular formula is C40H64N4O8. The molecule has 3 N–H and O–H groups in total. The first kappa shape index (κ1) is 43.1. The molecule has 292 valence electrons. The number of nitrogens with one attached hydrogen (secondary N) is 2. The predicted octanol–water partition coefficient (Wildman–Crippen LogP) is 4.09. The van der Waals surface area contributed by atoms with Crippen LogP contribution in [0.5, 0.6) is 0 Å². The first-order chi connectivity index (χ1) is 24.6. The first-order valence-electron chi connectivity index (χ1n) is 19.1. The normalized spacial score (nSPS) is 23.0. The van der Waals surface area contributed by atoms with E-state index in [0.717, 1.165) is 37.8 Å². The van der Waals surface area contributed by atoms with Crippen molar-refractivity contribution in [2.24, 2.45) is 23.7 Å². The van der Waals surface area contributed by atoms with Crippen molar-refractivity contribution in [2.75, 3.05) is 34.4 Å². The van der Waals surface area contributed by atoms with Crippen molar-refractivity contribution in [2.45, 2.75) is 129 Å². The molecule has 3 rings (SSSR count). The Morgan fingerprint density at radius 3 is 2.25 bits per heavy atom. The van der Waals surface area contributed by atoms with Crippen molar-refractivity contribution in [3.05, 3.63) is 35.9 Å². The number of benzene rings is 1. The molecule has 0 unspecified atom stereocenters. The highest BCUT2D eigenvalue weighted by Crippen LogP contribution is 2.32. The van der Waals surface area contributed by atoms with Crippen LogP contribution < -0.4 is 10.6 Å². The molecule has 0 saturated carbocycles. The predicted molar refractivity (Wildman–Crippen MR) is 199 cm³/mol. The fraction of sp³-hybridized carbons (Fsp3) is 0.725. The number of nitrogens with zero attached hydrogens (tertiary/aromatic N) is 2. The summed E-state index contributed by atoms with van der Waals surface area (Å²) in [6.07, 6.45) is 2.78. The van der Waals surface area contributed by atoms with Gasteiger partial charge in [-0.05, 0) is 56.6 Å². The van der Waals surface area contributed by atoms with E-state index in [0.29, 0.717) is 13.0 Å². The minimum atomic E-state index is -1.13. The van der Waals surface area contributed by atoms with Crippen LogP contribution in [-0.2, 0) is 39.9 Å². The van der Waals surface area contributed by atoms with E-state index in [2.05, 4.69) is 10.6 Å². The van der Waals surface area contributed by atoms with E-state index in [1.807, 2.05) is 65.0 Å². The van der Waals surface area contributed by atoms with Crippen molar-refractivity contribution < 1.29 is 38.6 Å². The van der Waals surface area contributed by atoms with Crippen molar-refractivity contribution in [3.8, 4) is 0 Å². The number of rotatable bonds is 20. The van der Waals surface area contributed by atoms with Crippen molar-refractivity contribution >= 4 is 29.5 Å². The standard InChI is InChI=1S/C40H64N4O8/c1-10-26(4)35(43(7)38(48)29(25(2)3)23-33(45)40(6)19-15-20-41-40)32(51-8)24-34(46)44-21-14-18-31(44)36(52-9)27(5)37(47)42-30(39(49)50)22-28-16-12-11-13-17-28/h11-13,16-17,25-27,29-32,35-36,41H,10,14-15,18-24H2,1-9H3,(H,42,47)(H,49,50)/t26-,27+,29-,30-,31-,32+,35-,36+,40-/m0/s1. The van der Waals surface area contributed by atoms with E-state index in [-0.39, 0.29) is 48.7 Å². The fourth-order valence-corrected chi connectivity index (χ4v) is 8.09. The molecule has 2 saturated heterocycles. The van der Waals surface area contributed by atoms with Crippen molar-refractivity contribution in [1.29, 1.82) is 0 Å². The molecule has 2 fully saturated rings. The Labute approximate surface area is 310 Å². The zero-order valence-corrected chi connectivity index (χ0v) is 32.9. The summed E-state index contributed by atoms with van der Waals surface area (Å²) in [4.78, 5) is 70.8. The minimum absolute atomic E-state index is 0.00730. The summed E-state index contributed by atoms with van der Waals surface area (Å²) < 4.78 is 11.9. The Balaban J connectivity index is 1.76. The molecule has 3 amide bonds. The maximum Gasteiger partial charge on any atom is 0.326 e. The molecule has 0 aromatic heterocycles. The van der Waals surface area contributed by atoms with Gasteiger partial charge in [0.2, 0.25) is 17.7 Å². The highest BCUT2D eigenvalue weighted by atomic mass is 16.5. The highest BCUT2D eigenvalue weighted by molar-refractivity contribution is 5.93. The summed E-state index contributed by atoms with van der Waals surface area (Å²) in [6, 6.07) is 7.17. The van der Waals surface area contributed by atoms with E-state index >= 15 is 0 Å². The summed E-state index contributed by atoms with van der Waals surface area (Å²) in [5, 5.41) is 15.9. The third-order valence-corrected chi connectivity index (χ3v) is 11.7. The van der Waals surface area contributed by atoms with Gasteiger partial charge in [-0.3, -0.25) is 19.2 Å². The largest absolute Gasteiger partial charge is 0.480 e. The number of likely N-dealkylation sites (N-methyl/N-ethyl adjacent to an activating group) is 1. The average Bonchev–Trinajstić information content (AvgIpc) is 3.80. The maximum absolute atomic E-state index is 14.2. The fourth-order valence-electron chi connectivity index (χ4n) is 8.09. The number of carboxylic acid groups (broad SMARTS) is 1. The number of aliphatic carboxylic acids is 1. The molecule has 2 aliphatic rings. The number of Topliss-reactive ketones (excluding diaryl/α,β-unsaturated/α-hetero) is 1. The maximum atomic E-state index is 14.2. The summed E-state index contributed by atoms with van der Waals surface area (Å²) >= 11 is 0. The van der Waals surface area contributed by atoms with Crippen LogP contribution in [0, 0.1) is 23.7 Å². The van der Waals surface area contributed by atoms with E-state index in [1.165, 1.54) is 7.11 Å². The Bertz CT molecular complexity index is 1350. The zero-order chi connectivity index (χ0) is 38.7. The highest BCUT2D eigenvalue weighted by Gasteiger charge is 2.44. The lowest BCUT2D eigenvalue weighted by molar-refractivity contribution is -0.149. The van der Waals surface area contributed by atoms with Gasteiger partial charge in [0, 0.05) is 46.6 Å². The molecule has 2 aliphatic heterocycles. The van der Waals surface area contributed by atoms with E-state index in [9.17, 15) is 29.1 Å². The molecule has 0 aliphatic carbocycles. The van der Waals surface area contributed by atoms with E-state index < -0.39 is 59.6 Å². The van der Waals surface area contributed by atoms with Crippen LogP contribution in [0.15, 0.2) is 30.3 Å². The lowest BCUT2D eigenvalue weighted by Gasteiger charge is -2.41. The SMILES string of the molecule is CC[C@H](C)[C@@H]([C@@H](CC(=O)N1CCC[C@H]1[C@H](OC)[C@@H](C)C(=O)N[C@@H](Cc1ccccc1)C(=O)O)OC)N(C)C(=O)[C@@H](CC(=O)[C@]1(C)CCCN1)C(C)C. The lowest BCUT2D eigenvalue weighted by atomic mass is 9.82. The van der Waals surface area contributed by atoms with Crippen molar-refractivity contribution in [1.82, 2.24) is 20.4 Å². The number of carbonyl (C=O) groups is 5. The van der Waals surface area contributed by atoms with Gasteiger partial charge in [-0.15, -0.1) is 0 Å². The van der Waals surface area contributed by atoms with Crippen LogP contribution in [0.1, 0.15) is 92.1 Å². The smallest absolute Gasteiger partial charge is 0.326 e. The molecule has 2 heterocycles. The number of methoxy groups -OCH3 is 2. The number of ketones is 1. The molecule has 9 atom stereocenters. The van der Waals surface area contributed by atoms with Gasteiger partial charge in [0.25, 0.3) is 0 Å². The van der Waals surface area contributed by atoms with Crippen LogP contribution in [0.2, 0.25) is 0 Å². The number of likely N-dealkylation sites (tertiary alicyclic amines) is 1. The number of hydrogen-bond donors (Lipinski definition) is 3. The third-order valence-electron chi connectivity index (χ3n) is 11.7. The van der Waals surface area contributed by atoms with Gasteiger partial charge in [-0.2, -0.15) is 0 Å². The van der Waals surface area contributed by atoms with E-state index in [1.54, 1.807) is 30.9 Å². The summed E-state index contributed by atoms with van der Waals surface area (Å²) in [6.45, 7) is 12.9. The van der Waals surface area contributed by atoms with Crippen LogP contribution in [0.25, 0.3) is 0 Å². The van der Waals surface area contributed by atoms with Gasteiger partial charge in [-0.1, -0.05) is 71.4 Å². The second-order valence-electron chi connectivity index (χ2n) is 15.5. The van der Waals surface area contributed by atoms with E-state index in [4.69, 9.17) is 9.47 Å². The number of carboxylic acids is 1. The molecule has 12 heteroatoms. The monoisotopic (exact) mass is 728 g/mol. The second kappa shape index (κ2) is 19.6. The topological polar surface area (TPSA) is 155 Å². The van der Waals surface area contributed by atoms with Crippen LogP contribution >= 0.6 is 0 Å².